The number of ether oxygens (including phenoxy) is 1. The molecule has 2 atom stereocenters. The van der Waals surface area contributed by atoms with Crippen molar-refractivity contribution in [3.8, 4) is 0 Å². The number of aliphatic carboxylic acids is 1. The minimum atomic E-state index is -4.05. The van der Waals surface area contributed by atoms with E-state index in [4.69, 9.17) is 4.74 Å². The zero-order chi connectivity index (χ0) is 31.5. The Kier molecular flexibility index (Phi) is 9.79. The van der Waals surface area contributed by atoms with E-state index < -0.39 is 34.1 Å². The monoisotopic (exact) mass is 633 g/mol. The van der Waals surface area contributed by atoms with Crippen LogP contribution < -0.4 is 4.90 Å². The number of rotatable bonds is 10. The van der Waals surface area contributed by atoms with Crippen molar-refractivity contribution in [3.05, 3.63) is 59.7 Å². The molecule has 44 heavy (non-hydrogen) atoms. The maximum atomic E-state index is 13.9. The molecule has 0 bridgehead atoms. The molecule has 5 rings (SSSR count). The molecule has 1 N–H and O–H groups in total. The molecule has 0 radical (unpaired) electrons. The normalized spacial score (nSPS) is 22.7. The van der Waals surface area contributed by atoms with E-state index in [0.717, 1.165) is 21.9 Å². The van der Waals surface area contributed by atoms with Crippen LogP contribution >= 0.6 is 0 Å². The number of aryl methyl sites for hydroxylation is 1. The Hall–Kier alpha value is -3.25. The number of hydrogen-bond donors (Lipinski definition) is 1. The summed E-state index contributed by atoms with van der Waals surface area (Å²) in [7, 11) is -4.05. The minimum absolute atomic E-state index is 0.0978. The number of sulfonamides is 1. The van der Waals surface area contributed by atoms with Crippen molar-refractivity contribution in [2.75, 3.05) is 31.1 Å². The molecule has 0 spiro atoms. The second kappa shape index (κ2) is 13.4. The van der Waals surface area contributed by atoms with Crippen molar-refractivity contribution >= 4 is 27.8 Å². The van der Waals surface area contributed by atoms with Crippen LogP contribution in [-0.4, -0.2) is 79.0 Å². The lowest BCUT2D eigenvalue weighted by molar-refractivity contribution is -0.140. The van der Waals surface area contributed by atoms with Gasteiger partial charge in [0.15, 0.2) is 0 Å². The number of alkyl halides is 2. The summed E-state index contributed by atoms with van der Waals surface area (Å²) >= 11 is 0. The third-order valence-corrected chi connectivity index (χ3v) is 11.1. The Morgan fingerprint density at radius 3 is 2.48 bits per heavy atom. The lowest BCUT2D eigenvalue weighted by atomic mass is 9.91. The van der Waals surface area contributed by atoms with Gasteiger partial charge in [0, 0.05) is 45.1 Å². The molecular formula is C32H41F2N3O6S. The average Bonchev–Trinajstić information content (AvgIpc) is 3.68. The summed E-state index contributed by atoms with van der Waals surface area (Å²) in [6.45, 7) is 3.67. The minimum Gasteiger partial charge on any atom is -0.480 e. The van der Waals surface area contributed by atoms with E-state index in [1.807, 2.05) is 48.2 Å². The summed E-state index contributed by atoms with van der Waals surface area (Å²) in [5.41, 5.74) is 2.28. The molecule has 1 aliphatic carbocycles. The van der Waals surface area contributed by atoms with Gasteiger partial charge in [0.05, 0.1) is 5.69 Å². The van der Waals surface area contributed by atoms with Crippen molar-refractivity contribution < 1.29 is 36.6 Å². The summed E-state index contributed by atoms with van der Waals surface area (Å²) in [6, 6.07) is 13.0. The van der Waals surface area contributed by atoms with E-state index in [2.05, 4.69) is 0 Å². The first-order chi connectivity index (χ1) is 20.9. The van der Waals surface area contributed by atoms with Crippen molar-refractivity contribution in [3.63, 3.8) is 0 Å². The van der Waals surface area contributed by atoms with Gasteiger partial charge in [0.25, 0.3) is 0 Å². The highest BCUT2D eigenvalue weighted by Crippen LogP contribution is 2.38. The van der Waals surface area contributed by atoms with E-state index in [0.29, 0.717) is 38.2 Å². The zero-order valence-corrected chi connectivity index (χ0v) is 25.9. The third-order valence-electron chi connectivity index (χ3n) is 9.16. The first-order valence-corrected chi connectivity index (χ1v) is 16.8. The highest BCUT2D eigenvalue weighted by atomic mass is 32.2. The van der Waals surface area contributed by atoms with Gasteiger partial charge in [-0.3, -0.25) is 4.79 Å². The van der Waals surface area contributed by atoms with Gasteiger partial charge in [0.1, 0.15) is 17.5 Å². The molecule has 2 aromatic carbocycles. The van der Waals surface area contributed by atoms with Crippen LogP contribution in [0, 0.1) is 12.8 Å². The van der Waals surface area contributed by atoms with E-state index in [1.54, 1.807) is 17.0 Å². The molecule has 0 unspecified atom stereocenters. The van der Waals surface area contributed by atoms with Gasteiger partial charge in [-0.2, -0.15) is 4.31 Å². The van der Waals surface area contributed by atoms with Crippen LogP contribution in [0.5, 0.6) is 0 Å². The fraction of sp³-hybridized carbons (Fsp3) is 0.562. The summed E-state index contributed by atoms with van der Waals surface area (Å²) in [5.74, 6) is -3.72. The number of anilines is 1. The fourth-order valence-electron chi connectivity index (χ4n) is 6.66. The Bertz CT molecular complexity index is 1430. The smallest absolute Gasteiger partial charge is 0.410 e. The van der Waals surface area contributed by atoms with Gasteiger partial charge in [-0.1, -0.05) is 36.4 Å². The van der Waals surface area contributed by atoms with Crippen molar-refractivity contribution in [2.24, 2.45) is 5.92 Å². The third kappa shape index (κ3) is 7.34. The van der Waals surface area contributed by atoms with Crippen LogP contribution in [0.4, 0.5) is 19.3 Å². The predicted molar refractivity (Wildman–Crippen MR) is 161 cm³/mol. The number of benzene rings is 2. The number of carboxylic acid groups (broad SMARTS) is 1. The Balaban J connectivity index is 1.27. The first kappa shape index (κ1) is 32.2. The Morgan fingerprint density at radius 1 is 1.05 bits per heavy atom. The maximum absolute atomic E-state index is 13.9. The van der Waals surface area contributed by atoms with Gasteiger partial charge < -0.3 is 19.6 Å². The van der Waals surface area contributed by atoms with Crippen molar-refractivity contribution in [2.45, 2.75) is 87.8 Å². The highest BCUT2D eigenvalue weighted by Gasteiger charge is 2.42. The van der Waals surface area contributed by atoms with Crippen LogP contribution in [-0.2, 0) is 26.2 Å². The summed E-state index contributed by atoms with van der Waals surface area (Å²) in [4.78, 5) is 28.8. The van der Waals surface area contributed by atoms with Crippen LogP contribution in [0.1, 0.15) is 62.5 Å². The van der Waals surface area contributed by atoms with Gasteiger partial charge in [-0.15, -0.1) is 0 Å². The zero-order valence-electron chi connectivity index (χ0n) is 25.0. The predicted octanol–water partition coefficient (Wildman–Crippen LogP) is 5.67. The number of halogens is 2. The van der Waals surface area contributed by atoms with Crippen molar-refractivity contribution in [1.82, 2.24) is 9.21 Å². The average molecular weight is 634 g/mol. The molecule has 1 amide bonds. The van der Waals surface area contributed by atoms with Gasteiger partial charge in [-0.05, 0) is 74.6 Å². The van der Waals surface area contributed by atoms with E-state index in [1.165, 1.54) is 0 Å². The molecule has 9 nitrogen and oxygen atoms in total. The molecule has 2 saturated heterocycles. The Labute approximate surface area is 257 Å². The molecule has 3 aliphatic rings. The fourth-order valence-corrected chi connectivity index (χ4v) is 8.51. The van der Waals surface area contributed by atoms with Gasteiger partial charge in [0.2, 0.25) is 15.9 Å². The molecule has 0 aromatic heterocycles. The van der Waals surface area contributed by atoms with Crippen LogP contribution in [0.3, 0.4) is 0 Å². The summed E-state index contributed by atoms with van der Waals surface area (Å²) < 4.78 is 62.0. The van der Waals surface area contributed by atoms with Crippen LogP contribution in [0.25, 0.3) is 0 Å². The van der Waals surface area contributed by atoms with E-state index >= 15 is 0 Å². The number of amides is 1. The molecule has 1 saturated carbocycles. The second-order valence-corrected chi connectivity index (χ2v) is 14.2. The molecule has 2 heterocycles. The van der Waals surface area contributed by atoms with Crippen LogP contribution in [0.2, 0.25) is 0 Å². The quantitative estimate of drug-likeness (QED) is 0.360. The summed E-state index contributed by atoms with van der Waals surface area (Å²) in [6.07, 6.45) is 1.55. The van der Waals surface area contributed by atoms with Gasteiger partial charge >= 0.3 is 12.1 Å². The first-order valence-electron chi connectivity index (χ1n) is 15.4. The lowest BCUT2D eigenvalue weighted by Crippen LogP contribution is -2.45. The molecule has 2 aliphatic heterocycles. The largest absolute Gasteiger partial charge is 0.480 e. The molecule has 12 heteroatoms. The second-order valence-electron chi connectivity index (χ2n) is 12.3. The van der Waals surface area contributed by atoms with Gasteiger partial charge in [-0.25, -0.2) is 22.0 Å². The molecular weight excluding hydrogens is 592 g/mol. The number of hydrogen-bond acceptors (Lipinski definition) is 6. The number of carbonyl (C=O) groups excluding carboxylic acids is 1. The number of nitrogens with zero attached hydrogens (tertiary/aromatic N) is 3. The van der Waals surface area contributed by atoms with Crippen molar-refractivity contribution in [1.29, 1.82) is 0 Å². The van der Waals surface area contributed by atoms with E-state index in [-0.39, 0.29) is 62.1 Å². The Morgan fingerprint density at radius 2 is 1.77 bits per heavy atom. The standard InChI is InChI=1S/C32H41F2N3O6S/c1-23-9-10-29(44(41,42)37-17-5-8-27(37)30(38)39)28(20-23)35-18-13-24(21-35)14-19-36(26-11-15-32(33,34)16-12-26)31(40)43-22-25-6-3-2-4-7-25/h2-4,6-7,9-10,20,24,26-27H,5,8,11-19,21-22H2,1H3,(H,38,39)/t24-,27+/m1/s1. The highest BCUT2D eigenvalue weighted by molar-refractivity contribution is 7.89. The molecule has 240 valence electrons. The number of carbonyl (C=O) groups is 2. The molecule has 2 aromatic rings. The maximum Gasteiger partial charge on any atom is 0.410 e. The SMILES string of the molecule is Cc1ccc(S(=O)(=O)N2CCC[C@H]2C(=O)O)c(N2CC[C@H](CCN(C(=O)OCc3ccccc3)C3CCC(F)(F)CC3)C2)c1. The summed E-state index contributed by atoms with van der Waals surface area (Å²) in [5, 5.41) is 9.62. The topological polar surface area (TPSA) is 107 Å². The lowest BCUT2D eigenvalue weighted by Gasteiger charge is -2.36. The number of carboxylic acids is 1. The van der Waals surface area contributed by atoms with Crippen LogP contribution in [0.15, 0.2) is 53.4 Å². The van der Waals surface area contributed by atoms with E-state index in [9.17, 15) is 31.9 Å². The molecule has 3 fully saturated rings.